The first-order chi connectivity index (χ1) is 47.2. The Balaban J connectivity index is 0.875. The predicted molar refractivity (Wildman–Crippen MR) is 320 cm³/mol. The van der Waals surface area contributed by atoms with Gasteiger partial charge < -0.3 is 169 Å². The molecule has 0 radical (unpaired) electrons. The lowest BCUT2D eigenvalue weighted by molar-refractivity contribution is -0.293. The van der Waals surface area contributed by atoms with Crippen LogP contribution in [0.5, 0.6) is 46.0 Å². The van der Waals surface area contributed by atoms with Crippen molar-refractivity contribution in [2.75, 3.05) is 33.0 Å². The van der Waals surface area contributed by atoms with Gasteiger partial charge in [0.15, 0.2) is 17.6 Å². The van der Waals surface area contributed by atoms with Gasteiger partial charge in [-0.1, -0.05) is 24.3 Å². The van der Waals surface area contributed by atoms with Crippen LogP contribution in [0.3, 0.4) is 0 Å². The van der Waals surface area contributed by atoms with Crippen LogP contribution in [0.4, 0.5) is 0 Å². The lowest BCUT2D eigenvalue weighted by Gasteiger charge is -2.41. The molecular weight excluding hydrogens is 1330 g/mol. The summed E-state index contributed by atoms with van der Waals surface area (Å²) in [5.41, 5.74) is 0.273. The van der Waals surface area contributed by atoms with Gasteiger partial charge in [-0.25, -0.2) is 9.59 Å². The molecule has 99 heavy (non-hydrogen) atoms. The zero-order valence-electron chi connectivity index (χ0n) is 51.4. The summed E-state index contributed by atoms with van der Waals surface area (Å²) in [4.78, 5) is 26.1. The number of benzene rings is 4. The van der Waals surface area contributed by atoms with E-state index in [0.29, 0.717) is 11.1 Å². The average molecular weight is 1410 g/mol. The van der Waals surface area contributed by atoms with Gasteiger partial charge in [-0.05, 0) is 65.8 Å². The number of rotatable bonds is 22. The normalized spacial score (nSPS) is 36.2. The molecule has 0 amide bonds. The monoisotopic (exact) mass is 1410 g/mol. The van der Waals surface area contributed by atoms with Crippen molar-refractivity contribution in [1.82, 2.24) is 0 Å². The van der Waals surface area contributed by atoms with Gasteiger partial charge in [-0.15, -0.1) is 0 Å². The fourth-order valence-corrected chi connectivity index (χ4v) is 11.0. The highest BCUT2D eigenvalue weighted by Crippen LogP contribution is 2.49. The van der Waals surface area contributed by atoms with Crippen molar-refractivity contribution >= 4 is 30.2 Å². The van der Waals surface area contributed by atoms with Gasteiger partial charge in [-0.2, -0.15) is 0 Å². The highest BCUT2D eigenvalue weighted by molar-refractivity contribution is 5.87. The van der Waals surface area contributed by atoms with Crippen molar-refractivity contribution in [3.05, 3.63) is 113 Å². The predicted octanol–water partition coefficient (Wildman–Crippen LogP) is -6.66. The van der Waals surface area contributed by atoms with Crippen molar-refractivity contribution < 1.29 is 178 Å². The van der Waals surface area contributed by atoms with E-state index in [1.807, 2.05) is 0 Å². The average Bonchev–Trinajstić information content (AvgIpc) is 0.763. The van der Waals surface area contributed by atoms with E-state index in [4.69, 9.17) is 61.6 Å². The van der Waals surface area contributed by atoms with Crippen LogP contribution >= 0.6 is 0 Å². The van der Waals surface area contributed by atoms with Gasteiger partial charge in [0.25, 0.3) is 0 Å². The number of carbonyl (C=O) groups is 2. The molecule has 0 bridgehead atoms. The second-order valence-electron chi connectivity index (χ2n) is 23.6. The molecule has 0 aromatic heterocycles. The Kier molecular flexibility index (Phi) is 23.8. The SMILES string of the molecule is O=C(C=Cc1ccc(OC2OC(CO)C(O)C(O)C2O)cc1)OCC1OC(Oc2cc(C3Oc4cc(O)cc(O)c4C=C3OC3OC(CO)C(O)C(O)C3O)cc(OC3OC(COC(=O)C=Cc4ccc(OC5OC(CO)C(O)C(O)C5O)cc4)C(O)C(O)C3O)c2O)C(O)C(O)C1O. The minimum atomic E-state index is -2.22. The second-order valence-corrected chi connectivity index (χ2v) is 23.6. The fourth-order valence-electron chi connectivity index (χ4n) is 11.0. The number of phenolic OH excluding ortho intramolecular Hbond substituents is 3. The van der Waals surface area contributed by atoms with Crippen LogP contribution in [-0.2, 0) is 47.5 Å². The van der Waals surface area contributed by atoms with Crippen molar-refractivity contribution in [1.29, 1.82) is 0 Å². The Bertz CT molecular complexity index is 3310. The topological polar surface area (TPSA) is 579 Å². The summed E-state index contributed by atoms with van der Waals surface area (Å²) in [6, 6.07) is 15.3. The van der Waals surface area contributed by atoms with E-state index in [0.717, 1.165) is 42.5 Å². The number of ether oxygens (including phenoxy) is 13. The Hall–Kier alpha value is -7.68. The molecule has 4 aromatic rings. The first-order valence-electron chi connectivity index (χ1n) is 30.5. The van der Waals surface area contributed by atoms with Gasteiger partial charge in [0, 0.05) is 29.8 Å². The van der Waals surface area contributed by atoms with Gasteiger partial charge in [0.05, 0.1) is 25.4 Å². The number of phenols is 3. The molecule has 4 aromatic carbocycles. The Labute approximate surface area is 558 Å². The van der Waals surface area contributed by atoms with Crippen molar-refractivity contribution in [2.45, 2.75) is 160 Å². The number of carbonyl (C=O) groups excluding carboxylic acids is 2. The molecule has 26 atom stereocenters. The molecule has 21 N–H and O–H groups in total. The van der Waals surface area contributed by atoms with E-state index in [-0.39, 0.29) is 28.4 Å². The van der Waals surface area contributed by atoms with E-state index in [1.54, 1.807) is 0 Å². The Morgan fingerprint density at radius 2 is 0.747 bits per heavy atom. The molecule has 542 valence electrons. The van der Waals surface area contributed by atoms with Gasteiger partial charge in [0.1, 0.15) is 170 Å². The number of aliphatic hydroxyl groups is 18. The standard InChI is InChI=1S/C63H74O36/c64-18-35-43(72)48(77)53(82)59(95-35)89-27-7-1-23(2-8-27)5-11-40(69)87-21-38-46(75)51(80)56(85)61(98-38)92-32-13-25(58-34(17-29-30(68)15-26(67)16-31(29)91-58)94-63-55(84)50(79)45(74)37(20-66)97-63)14-33(42(32)71)93-62-57(86)52(81)47(76)39(99-62)22-88-41(70)12-6-24-3-9-28(10-4-24)90-60-54(83)49(78)44(73)36(19-65)96-60/h1-17,35-39,43-68,71-86H,18-22H2. The van der Waals surface area contributed by atoms with Crippen LogP contribution in [0.1, 0.15) is 28.4 Å². The van der Waals surface area contributed by atoms with Crippen LogP contribution in [0.2, 0.25) is 0 Å². The Morgan fingerprint density at radius 1 is 0.404 bits per heavy atom. The summed E-state index contributed by atoms with van der Waals surface area (Å²) in [6.07, 6.45) is -41.6. The molecular formula is C63H74O36. The summed E-state index contributed by atoms with van der Waals surface area (Å²) >= 11 is 0. The molecule has 0 saturated carbocycles. The summed E-state index contributed by atoms with van der Waals surface area (Å²) in [6.45, 7) is -3.98. The first-order valence-corrected chi connectivity index (χ1v) is 30.5. The lowest BCUT2D eigenvalue weighted by atomic mass is 9.98. The van der Waals surface area contributed by atoms with Gasteiger partial charge in [-0.3, -0.25) is 0 Å². The summed E-state index contributed by atoms with van der Waals surface area (Å²) in [5, 5.41) is 223. The largest absolute Gasteiger partial charge is 0.508 e. The van der Waals surface area contributed by atoms with Crippen molar-refractivity contribution in [2.24, 2.45) is 0 Å². The van der Waals surface area contributed by atoms with E-state index >= 15 is 0 Å². The van der Waals surface area contributed by atoms with E-state index < -0.39 is 239 Å². The quantitative estimate of drug-likeness (QED) is 0.0257. The maximum atomic E-state index is 13.1. The van der Waals surface area contributed by atoms with Crippen LogP contribution in [0.25, 0.3) is 18.2 Å². The zero-order valence-corrected chi connectivity index (χ0v) is 51.4. The molecule has 5 saturated heterocycles. The zero-order chi connectivity index (χ0) is 71.4. The van der Waals surface area contributed by atoms with Crippen molar-refractivity contribution in [3.8, 4) is 46.0 Å². The molecule has 6 heterocycles. The molecule has 26 unspecified atom stereocenters. The van der Waals surface area contributed by atoms with Crippen LogP contribution in [0, 0.1) is 0 Å². The lowest BCUT2D eigenvalue weighted by Crippen LogP contribution is -2.60. The number of fused-ring (bicyclic) bond motifs is 1. The maximum absolute atomic E-state index is 13.1. The number of aromatic hydroxyl groups is 3. The number of esters is 2. The minimum absolute atomic E-state index is 0.106. The molecule has 10 rings (SSSR count). The number of hydrogen-bond acceptors (Lipinski definition) is 36. The third-order valence-electron chi connectivity index (χ3n) is 16.7. The fraction of sp³-hybridized carbons (Fsp3) is 0.492. The van der Waals surface area contributed by atoms with E-state index in [9.17, 15) is 117 Å². The molecule has 5 fully saturated rings. The summed E-state index contributed by atoms with van der Waals surface area (Å²) < 4.78 is 74.0. The van der Waals surface area contributed by atoms with E-state index in [2.05, 4.69) is 0 Å². The number of aliphatic hydroxyl groups excluding tert-OH is 18. The third-order valence-corrected chi connectivity index (χ3v) is 16.7. The molecule has 0 aliphatic carbocycles. The molecule has 6 aliphatic rings. The molecule has 36 nitrogen and oxygen atoms in total. The highest BCUT2D eigenvalue weighted by Gasteiger charge is 2.51. The van der Waals surface area contributed by atoms with Gasteiger partial charge >= 0.3 is 11.9 Å². The molecule has 0 spiro atoms. The van der Waals surface area contributed by atoms with Crippen LogP contribution in [-0.4, -0.2) is 306 Å². The van der Waals surface area contributed by atoms with E-state index in [1.165, 1.54) is 60.7 Å². The second kappa shape index (κ2) is 31.9. The summed E-state index contributed by atoms with van der Waals surface area (Å²) in [5.74, 6) is -6.46. The molecule has 36 heteroatoms. The minimum Gasteiger partial charge on any atom is -0.508 e. The maximum Gasteiger partial charge on any atom is 0.330 e. The van der Waals surface area contributed by atoms with Crippen LogP contribution < -0.4 is 23.7 Å². The van der Waals surface area contributed by atoms with Gasteiger partial charge in [0.2, 0.25) is 37.2 Å². The summed E-state index contributed by atoms with van der Waals surface area (Å²) in [7, 11) is 0. The smallest absolute Gasteiger partial charge is 0.330 e. The third kappa shape index (κ3) is 16.6. The number of hydrogen-bond donors (Lipinski definition) is 21. The highest BCUT2D eigenvalue weighted by atomic mass is 16.7. The molecule has 6 aliphatic heterocycles. The van der Waals surface area contributed by atoms with Crippen LogP contribution in [0.15, 0.2) is 90.7 Å². The van der Waals surface area contributed by atoms with Crippen molar-refractivity contribution in [3.63, 3.8) is 0 Å². The Morgan fingerprint density at radius 3 is 1.12 bits per heavy atom. The first kappa shape index (κ1) is 74.0.